The van der Waals surface area contributed by atoms with Crippen molar-refractivity contribution in [2.75, 3.05) is 26.4 Å². The molecule has 0 amide bonds. The Labute approximate surface area is 587 Å². The first kappa shape index (κ1) is 92.8. The van der Waals surface area contributed by atoms with Crippen LogP contribution in [0.25, 0.3) is 0 Å². The molecule has 0 aliphatic heterocycles. The number of rotatable bonds is 83. The van der Waals surface area contributed by atoms with Crippen molar-refractivity contribution in [3.8, 4) is 0 Å². The first-order valence-electron chi connectivity index (χ1n) is 42.7. The van der Waals surface area contributed by atoms with E-state index in [0.717, 1.165) is 32.1 Å². The molecule has 0 aromatic heterocycles. The minimum Gasteiger partial charge on any atom is -0.462 e. The molecule has 10 heteroatoms. The van der Waals surface area contributed by atoms with Crippen molar-refractivity contribution >= 4 is 19.8 Å². The molecule has 0 rings (SSSR count). The Hall–Kier alpha value is -1.25. The molecular formula is C84H166NO8P. The Morgan fingerprint density at radius 1 is 0.309 bits per heavy atom. The highest BCUT2D eigenvalue weighted by Gasteiger charge is 2.26. The molecule has 0 saturated heterocycles. The van der Waals surface area contributed by atoms with Crippen LogP contribution < -0.4 is 5.73 Å². The Morgan fingerprint density at radius 3 is 0.755 bits per heavy atom. The summed E-state index contributed by atoms with van der Waals surface area (Å²) in [5.74, 6) is -0.794. The third kappa shape index (κ3) is 79.7. The van der Waals surface area contributed by atoms with Gasteiger partial charge in [-0.2, -0.15) is 0 Å². The Balaban J connectivity index is 3.70. The summed E-state index contributed by atoms with van der Waals surface area (Å²) in [5.41, 5.74) is 5.42. The second-order valence-electron chi connectivity index (χ2n) is 29.4. The topological polar surface area (TPSA) is 134 Å². The zero-order valence-corrected chi connectivity index (χ0v) is 64.4. The van der Waals surface area contributed by atoms with Crippen LogP contribution in [0, 0.1) is 0 Å². The van der Waals surface area contributed by atoms with Gasteiger partial charge >= 0.3 is 19.8 Å². The first-order valence-corrected chi connectivity index (χ1v) is 44.2. The molecular weight excluding hydrogens is 1180 g/mol. The number of esters is 2. The lowest BCUT2D eigenvalue weighted by Crippen LogP contribution is -2.29. The minimum atomic E-state index is -4.39. The molecule has 0 heterocycles. The summed E-state index contributed by atoms with van der Waals surface area (Å²) in [7, 11) is -4.39. The number of allylic oxidation sites excluding steroid dienone is 2. The van der Waals surface area contributed by atoms with Gasteiger partial charge < -0.3 is 20.1 Å². The monoisotopic (exact) mass is 1350 g/mol. The molecule has 2 atom stereocenters. The smallest absolute Gasteiger partial charge is 0.462 e. The van der Waals surface area contributed by atoms with Crippen LogP contribution in [0.3, 0.4) is 0 Å². The molecule has 94 heavy (non-hydrogen) atoms. The van der Waals surface area contributed by atoms with Gasteiger partial charge in [0, 0.05) is 19.4 Å². The highest BCUT2D eigenvalue weighted by Crippen LogP contribution is 2.43. The Kier molecular flexibility index (Phi) is 79.6. The quantitative estimate of drug-likeness (QED) is 0.0264. The second-order valence-corrected chi connectivity index (χ2v) is 30.9. The van der Waals surface area contributed by atoms with Gasteiger partial charge in [-0.1, -0.05) is 443 Å². The van der Waals surface area contributed by atoms with Gasteiger partial charge in [-0.3, -0.25) is 18.6 Å². The number of phosphoric acid groups is 1. The van der Waals surface area contributed by atoms with Crippen molar-refractivity contribution in [2.45, 2.75) is 489 Å². The molecule has 0 aliphatic carbocycles. The lowest BCUT2D eigenvalue weighted by Gasteiger charge is -2.19. The van der Waals surface area contributed by atoms with E-state index >= 15 is 0 Å². The van der Waals surface area contributed by atoms with Gasteiger partial charge in [0.25, 0.3) is 0 Å². The van der Waals surface area contributed by atoms with Crippen LogP contribution in [-0.4, -0.2) is 49.3 Å². The fourth-order valence-electron chi connectivity index (χ4n) is 13.6. The minimum absolute atomic E-state index is 0.0584. The summed E-state index contributed by atoms with van der Waals surface area (Å²) in [6, 6.07) is 0. The number of hydrogen-bond acceptors (Lipinski definition) is 8. The van der Waals surface area contributed by atoms with E-state index in [-0.39, 0.29) is 38.6 Å². The van der Waals surface area contributed by atoms with Crippen LogP contribution in [0.4, 0.5) is 0 Å². The maximum Gasteiger partial charge on any atom is 0.472 e. The molecule has 0 saturated carbocycles. The van der Waals surface area contributed by atoms with Crippen LogP contribution in [-0.2, 0) is 32.7 Å². The molecule has 9 nitrogen and oxygen atoms in total. The lowest BCUT2D eigenvalue weighted by atomic mass is 10.0. The molecule has 0 bridgehead atoms. The average molecular weight is 1350 g/mol. The molecule has 0 spiro atoms. The summed E-state index contributed by atoms with van der Waals surface area (Å²) >= 11 is 0. The SMILES string of the molecule is CCCCCCCCCC/C=C\CCCCCCCCCCCCCCCCCCCCCCCCCCCCCC(=O)OC(COC(=O)CCCCCCCCCCCCCCCCCCCCCCCCCCCCCCCCCCCC)COP(=O)(O)OCCN. The van der Waals surface area contributed by atoms with E-state index in [1.807, 2.05) is 0 Å². The fourth-order valence-corrected chi connectivity index (χ4v) is 14.3. The summed E-state index contributed by atoms with van der Waals surface area (Å²) in [6.45, 7) is 3.85. The largest absolute Gasteiger partial charge is 0.472 e. The summed E-state index contributed by atoms with van der Waals surface area (Å²) in [4.78, 5) is 35.5. The molecule has 3 N–H and O–H groups in total. The summed E-state index contributed by atoms with van der Waals surface area (Å²) in [6.07, 6.45) is 101. The third-order valence-corrected chi connectivity index (χ3v) is 20.9. The number of unbranched alkanes of at least 4 members (excludes halogenated alkanes) is 68. The highest BCUT2D eigenvalue weighted by molar-refractivity contribution is 7.47. The van der Waals surface area contributed by atoms with E-state index in [9.17, 15) is 19.0 Å². The predicted molar refractivity (Wildman–Crippen MR) is 409 cm³/mol. The first-order chi connectivity index (χ1) is 46.3. The van der Waals surface area contributed by atoms with Crippen LogP contribution in [0.1, 0.15) is 483 Å². The van der Waals surface area contributed by atoms with E-state index in [1.54, 1.807) is 0 Å². The van der Waals surface area contributed by atoms with Gasteiger partial charge in [0.15, 0.2) is 6.10 Å². The van der Waals surface area contributed by atoms with Gasteiger partial charge in [0.1, 0.15) is 6.61 Å². The summed E-state index contributed by atoms with van der Waals surface area (Å²) < 4.78 is 33.3. The van der Waals surface area contributed by atoms with Crippen molar-refractivity contribution in [3.05, 3.63) is 12.2 Å². The van der Waals surface area contributed by atoms with E-state index in [4.69, 9.17) is 24.3 Å². The van der Waals surface area contributed by atoms with Crippen molar-refractivity contribution in [1.82, 2.24) is 0 Å². The molecule has 0 fully saturated rings. The summed E-state index contributed by atoms with van der Waals surface area (Å²) in [5, 5.41) is 0. The molecule has 0 aliphatic rings. The van der Waals surface area contributed by atoms with Crippen LogP contribution in [0.5, 0.6) is 0 Å². The third-order valence-electron chi connectivity index (χ3n) is 19.9. The highest BCUT2D eigenvalue weighted by atomic mass is 31.2. The van der Waals surface area contributed by atoms with Gasteiger partial charge in [0.2, 0.25) is 0 Å². The standard InChI is InChI=1S/C84H166NO8P/c1-3-5-7-9-11-13-15-17-19-21-23-25-27-29-31-33-35-37-39-40-41-42-43-45-47-49-51-53-55-57-59-61-63-65-67-69-71-73-75-77-84(87)93-82(81-92-94(88,89)91-79-78-85)80-90-83(86)76-74-72-70-68-66-64-62-60-58-56-54-52-50-48-46-44-38-36-34-32-30-28-26-24-22-20-18-16-14-12-10-8-6-4-2/h21,23,82H,3-20,22,24-81,85H2,1-2H3,(H,88,89)/b23-21-. The zero-order valence-electron chi connectivity index (χ0n) is 63.5. The Bertz CT molecular complexity index is 1550. The van der Waals surface area contributed by atoms with Crippen molar-refractivity contribution < 1.29 is 37.6 Å². The molecule has 560 valence electrons. The number of hydrogen-bond donors (Lipinski definition) is 2. The second kappa shape index (κ2) is 80.7. The molecule has 0 radical (unpaired) electrons. The normalized spacial score (nSPS) is 12.8. The van der Waals surface area contributed by atoms with Gasteiger partial charge in [-0.05, 0) is 38.5 Å². The maximum absolute atomic E-state index is 12.8. The zero-order chi connectivity index (χ0) is 67.9. The van der Waals surface area contributed by atoms with Crippen molar-refractivity contribution in [3.63, 3.8) is 0 Å². The van der Waals surface area contributed by atoms with E-state index in [1.165, 1.54) is 417 Å². The number of carbonyl (C=O) groups is 2. The fraction of sp³-hybridized carbons (Fsp3) is 0.952. The lowest BCUT2D eigenvalue weighted by molar-refractivity contribution is -0.161. The maximum atomic E-state index is 12.8. The van der Waals surface area contributed by atoms with Gasteiger partial charge in [-0.15, -0.1) is 0 Å². The van der Waals surface area contributed by atoms with E-state index < -0.39 is 26.5 Å². The van der Waals surface area contributed by atoms with Gasteiger partial charge in [-0.25, -0.2) is 4.57 Å². The Morgan fingerprint density at radius 2 is 0.521 bits per heavy atom. The van der Waals surface area contributed by atoms with Crippen LogP contribution in [0.15, 0.2) is 12.2 Å². The average Bonchev–Trinajstić information content (AvgIpc) is 2.74. The number of carbonyl (C=O) groups excluding carboxylic acids is 2. The van der Waals surface area contributed by atoms with Crippen molar-refractivity contribution in [1.29, 1.82) is 0 Å². The molecule has 0 aromatic rings. The number of nitrogens with two attached hydrogens (primary N) is 1. The molecule has 0 aromatic carbocycles. The number of phosphoric ester groups is 1. The van der Waals surface area contributed by atoms with E-state index in [2.05, 4.69) is 26.0 Å². The molecule has 2 unspecified atom stereocenters. The number of ether oxygens (including phenoxy) is 2. The van der Waals surface area contributed by atoms with Crippen LogP contribution in [0.2, 0.25) is 0 Å². The van der Waals surface area contributed by atoms with Crippen molar-refractivity contribution in [2.24, 2.45) is 5.73 Å². The predicted octanol–water partition coefficient (Wildman–Crippen LogP) is 28.6. The van der Waals surface area contributed by atoms with Crippen LogP contribution >= 0.6 is 7.82 Å². The van der Waals surface area contributed by atoms with E-state index in [0.29, 0.717) is 6.42 Å². The van der Waals surface area contributed by atoms with Gasteiger partial charge in [0.05, 0.1) is 13.2 Å².